The van der Waals surface area contributed by atoms with Crippen LogP contribution in [0.5, 0.6) is 0 Å². The van der Waals surface area contributed by atoms with Crippen molar-refractivity contribution < 1.29 is 4.79 Å². The minimum atomic E-state index is -0.232. The number of nitrogens with zero attached hydrogens (tertiary/aromatic N) is 2. The molecule has 0 atom stereocenters. The first-order valence-electron chi connectivity index (χ1n) is 5.43. The number of pyridine rings is 1. The Hall–Kier alpha value is -1.59. The second-order valence-electron chi connectivity index (χ2n) is 3.92. The molecule has 2 rings (SSSR count). The average molecular weight is 341 g/mol. The monoisotopic (exact) mass is 339 g/mol. The molecule has 19 heavy (non-hydrogen) atoms. The van der Waals surface area contributed by atoms with Crippen LogP contribution in [0, 0.1) is 0 Å². The highest BCUT2D eigenvalue weighted by molar-refractivity contribution is 9.10. The predicted molar refractivity (Wildman–Crippen MR) is 80.5 cm³/mol. The average Bonchev–Trinajstić information content (AvgIpc) is 2.40. The van der Waals surface area contributed by atoms with Gasteiger partial charge in [0.2, 0.25) is 0 Å². The van der Waals surface area contributed by atoms with Crippen LogP contribution >= 0.6 is 27.5 Å². The summed E-state index contributed by atoms with van der Waals surface area (Å²) in [7, 11) is 1.64. The Morgan fingerprint density at radius 1 is 1.42 bits per heavy atom. The van der Waals surface area contributed by atoms with E-state index in [1.807, 2.05) is 0 Å². The van der Waals surface area contributed by atoms with Gasteiger partial charge in [0.05, 0.1) is 28.2 Å². The molecule has 1 heterocycles. The Labute approximate surface area is 124 Å². The van der Waals surface area contributed by atoms with Gasteiger partial charge in [0, 0.05) is 17.7 Å². The number of benzene rings is 1. The van der Waals surface area contributed by atoms with Crippen LogP contribution in [0.4, 0.5) is 11.4 Å². The van der Waals surface area contributed by atoms with Gasteiger partial charge in [-0.1, -0.05) is 27.5 Å². The van der Waals surface area contributed by atoms with Gasteiger partial charge >= 0.3 is 0 Å². The Morgan fingerprint density at radius 2 is 2.16 bits per heavy atom. The molecule has 0 unspecified atom stereocenters. The molecule has 0 bridgehead atoms. The van der Waals surface area contributed by atoms with Gasteiger partial charge in [-0.3, -0.25) is 9.78 Å². The minimum Gasteiger partial charge on any atom is -0.396 e. The lowest BCUT2D eigenvalue weighted by atomic mass is 10.2. The van der Waals surface area contributed by atoms with Crippen LogP contribution in [0.2, 0.25) is 5.02 Å². The van der Waals surface area contributed by atoms with E-state index in [0.29, 0.717) is 22.0 Å². The zero-order valence-electron chi connectivity index (χ0n) is 10.1. The Balaban J connectivity index is 2.39. The van der Waals surface area contributed by atoms with Gasteiger partial charge in [-0.2, -0.15) is 0 Å². The van der Waals surface area contributed by atoms with Crippen molar-refractivity contribution in [3.05, 3.63) is 51.7 Å². The van der Waals surface area contributed by atoms with Crippen molar-refractivity contribution in [1.29, 1.82) is 0 Å². The maximum Gasteiger partial charge on any atom is 0.259 e. The fourth-order valence-electron chi connectivity index (χ4n) is 1.66. The summed E-state index contributed by atoms with van der Waals surface area (Å²) in [6.45, 7) is 0. The lowest BCUT2D eigenvalue weighted by molar-refractivity contribution is 0.0993. The molecule has 0 radical (unpaired) electrons. The summed E-state index contributed by atoms with van der Waals surface area (Å²) in [4.78, 5) is 17.8. The van der Waals surface area contributed by atoms with E-state index in [1.54, 1.807) is 37.5 Å². The fraction of sp³-hybridized carbons (Fsp3) is 0.0769. The van der Waals surface area contributed by atoms with Crippen molar-refractivity contribution >= 4 is 44.8 Å². The van der Waals surface area contributed by atoms with Gasteiger partial charge in [0.15, 0.2) is 0 Å². The zero-order chi connectivity index (χ0) is 14.0. The van der Waals surface area contributed by atoms with Crippen LogP contribution < -0.4 is 10.6 Å². The first-order chi connectivity index (χ1) is 9.00. The maximum atomic E-state index is 12.4. The number of halogens is 2. The molecule has 0 aliphatic heterocycles. The first-order valence-corrected chi connectivity index (χ1v) is 6.60. The molecule has 4 nitrogen and oxygen atoms in total. The van der Waals surface area contributed by atoms with Crippen molar-refractivity contribution in [2.75, 3.05) is 17.7 Å². The number of carbonyl (C=O) groups is 1. The second-order valence-corrected chi connectivity index (χ2v) is 5.25. The van der Waals surface area contributed by atoms with Crippen molar-refractivity contribution in [1.82, 2.24) is 4.98 Å². The Bertz CT molecular complexity index is 633. The molecule has 98 valence electrons. The summed E-state index contributed by atoms with van der Waals surface area (Å²) in [5, 5.41) is 0.396. The number of carbonyl (C=O) groups excluding carboxylic acids is 1. The Morgan fingerprint density at radius 3 is 2.84 bits per heavy atom. The SMILES string of the molecule is CN(C(=O)c1cc(Br)ccc1Cl)c1ccncc1N. The third-order valence-corrected chi connectivity index (χ3v) is 3.48. The largest absolute Gasteiger partial charge is 0.396 e. The number of nitrogen functional groups attached to an aromatic ring is 1. The molecule has 0 aliphatic rings. The normalized spacial score (nSPS) is 10.3. The van der Waals surface area contributed by atoms with E-state index in [9.17, 15) is 4.79 Å². The molecule has 0 spiro atoms. The van der Waals surface area contributed by atoms with Crippen molar-refractivity contribution in [2.24, 2.45) is 0 Å². The number of aromatic nitrogens is 1. The summed E-state index contributed by atoms with van der Waals surface area (Å²) >= 11 is 9.37. The number of hydrogen-bond donors (Lipinski definition) is 1. The van der Waals surface area contributed by atoms with Crippen LogP contribution in [-0.4, -0.2) is 17.9 Å². The van der Waals surface area contributed by atoms with Gasteiger partial charge in [-0.05, 0) is 24.3 Å². The van der Waals surface area contributed by atoms with Crippen molar-refractivity contribution in [3.8, 4) is 0 Å². The molecule has 6 heteroatoms. The predicted octanol–water partition coefficient (Wildman–Crippen LogP) is 3.36. The molecule has 1 aromatic heterocycles. The smallest absolute Gasteiger partial charge is 0.259 e. The number of hydrogen-bond acceptors (Lipinski definition) is 3. The van der Waals surface area contributed by atoms with E-state index in [4.69, 9.17) is 17.3 Å². The topological polar surface area (TPSA) is 59.2 Å². The highest BCUT2D eigenvalue weighted by Gasteiger charge is 2.18. The summed E-state index contributed by atoms with van der Waals surface area (Å²) < 4.78 is 0.788. The van der Waals surface area contributed by atoms with E-state index in [-0.39, 0.29) is 5.91 Å². The first kappa shape index (κ1) is 13.8. The number of amides is 1. The van der Waals surface area contributed by atoms with Crippen LogP contribution in [0.1, 0.15) is 10.4 Å². The number of nitrogens with two attached hydrogens (primary N) is 1. The molecule has 1 amide bonds. The number of rotatable bonds is 2. The van der Waals surface area contributed by atoms with Crippen LogP contribution in [0.15, 0.2) is 41.1 Å². The minimum absolute atomic E-state index is 0.232. The molecule has 0 saturated heterocycles. The quantitative estimate of drug-likeness (QED) is 0.912. The molecule has 0 fully saturated rings. The molecular weight excluding hydrogens is 330 g/mol. The second kappa shape index (κ2) is 5.59. The van der Waals surface area contributed by atoms with Crippen molar-refractivity contribution in [2.45, 2.75) is 0 Å². The standard InChI is InChI=1S/C13H11BrClN3O/c1-18(12-4-5-17-7-11(12)16)13(19)9-6-8(14)2-3-10(9)15/h2-7H,16H2,1H3. The zero-order valence-corrected chi connectivity index (χ0v) is 12.4. The van der Waals surface area contributed by atoms with Crippen LogP contribution in [-0.2, 0) is 0 Å². The highest BCUT2D eigenvalue weighted by atomic mass is 79.9. The van der Waals surface area contributed by atoms with E-state index in [1.165, 1.54) is 11.1 Å². The molecule has 2 aromatic rings. The lowest BCUT2D eigenvalue weighted by Crippen LogP contribution is -2.27. The number of anilines is 2. The maximum absolute atomic E-state index is 12.4. The Kier molecular flexibility index (Phi) is 4.07. The van der Waals surface area contributed by atoms with Gasteiger partial charge in [-0.15, -0.1) is 0 Å². The third-order valence-electron chi connectivity index (χ3n) is 2.65. The fourth-order valence-corrected chi connectivity index (χ4v) is 2.22. The molecule has 0 aliphatic carbocycles. The molecule has 0 saturated carbocycles. The van der Waals surface area contributed by atoms with E-state index < -0.39 is 0 Å². The summed E-state index contributed by atoms with van der Waals surface area (Å²) in [6, 6.07) is 6.81. The highest BCUT2D eigenvalue weighted by Crippen LogP contribution is 2.26. The summed E-state index contributed by atoms with van der Waals surface area (Å²) in [5.41, 5.74) is 7.25. The lowest BCUT2D eigenvalue weighted by Gasteiger charge is -2.19. The molecule has 2 N–H and O–H groups in total. The van der Waals surface area contributed by atoms with Gasteiger partial charge < -0.3 is 10.6 Å². The van der Waals surface area contributed by atoms with Crippen molar-refractivity contribution in [3.63, 3.8) is 0 Å². The molecule has 1 aromatic carbocycles. The van der Waals surface area contributed by atoms with E-state index in [0.717, 1.165) is 4.47 Å². The molecular formula is C13H11BrClN3O. The van der Waals surface area contributed by atoms with E-state index >= 15 is 0 Å². The van der Waals surface area contributed by atoms with Gasteiger partial charge in [0.25, 0.3) is 5.91 Å². The summed E-state index contributed by atoms with van der Waals surface area (Å²) in [6.07, 6.45) is 3.08. The van der Waals surface area contributed by atoms with Gasteiger partial charge in [-0.25, -0.2) is 0 Å². The summed E-state index contributed by atoms with van der Waals surface area (Å²) in [5.74, 6) is -0.232. The van der Waals surface area contributed by atoms with E-state index in [2.05, 4.69) is 20.9 Å². The van der Waals surface area contributed by atoms with Gasteiger partial charge in [0.1, 0.15) is 0 Å². The third kappa shape index (κ3) is 2.88. The van der Waals surface area contributed by atoms with Crippen LogP contribution in [0.25, 0.3) is 0 Å². The van der Waals surface area contributed by atoms with Crippen LogP contribution in [0.3, 0.4) is 0 Å².